The fourth-order valence-corrected chi connectivity index (χ4v) is 13.2. The second-order valence-electron chi connectivity index (χ2n) is 28.2. The Morgan fingerprint density at radius 1 is 0.389 bits per heavy atom. The second-order valence-corrected chi connectivity index (χ2v) is 28.2. The maximum atomic E-state index is 13.4. The molecule has 0 aromatic rings. The van der Waals surface area contributed by atoms with E-state index < -0.39 is 86.8 Å². The number of carbonyl (C=O) groups excluding carboxylic acids is 1. The zero-order chi connectivity index (χ0) is 68.7. The summed E-state index contributed by atoms with van der Waals surface area (Å²) in [5.74, 6) is -0.199. The molecule has 2 fully saturated rings. The maximum absolute atomic E-state index is 13.4. The SMILES string of the molecule is CC/C=C\C/C=C\C/C=C\C/C=C\C/C=C\CCCCCCCCCCCCCCCCCCCCCCCCCC(=O)NC(COC1OC(CO)C(OC2OC(CO)C(O)C(O)C2O)C(O)C1O)C(O)CCCCCCCCCCCCCCCCCCCCCCCC. The van der Waals surface area contributed by atoms with Crippen molar-refractivity contribution < 1.29 is 64.6 Å². The van der Waals surface area contributed by atoms with Crippen LogP contribution >= 0.6 is 0 Å². The van der Waals surface area contributed by atoms with Crippen LogP contribution < -0.4 is 5.32 Å². The highest BCUT2D eigenvalue weighted by Gasteiger charge is 2.51. The quantitative estimate of drug-likeness (QED) is 0.0204. The Morgan fingerprint density at radius 2 is 0.726 bits per heavy atom. The minimum Gasteiger partial charge on any atom is -0.394 e. The van der Waals surface area contributed by atoms with Crippen LogP contribution in [0.1, 0.15) is 354 Å². The molecule has 0 bridgehead atoms. The lowest BCUT2D eigenvalue weighted by Gasteiger charge is -2.46. The Hall–Kier alpha value is -2.31. The van der Waals surface area contributed by atoms with Crippen molar-refractivity contribution in [1.29, 1.82) is 0 Å². The highest BCUT2D eigenvalue weighted by Crippen LogP contribution is 2.30. The van der Waals surface area contributed by atoms with E-state index in [2.05, 4.69) is 79.9 Å². The Kier molecular flexibility index (Phi) is 60.8. The zero-order valence-corrected chi connectivity index (χ0v) is 60.9. The molecular formula is C81H149NO13. The first-order valence-corrected chi connectivity index (χ1v) is 40.0. The van der Waals surface area contributed by atoms with E-state index in [9.17, 15) is 45.6 Å². The topological polar surface area (TPSA) is 228 Å². The summed E-state index contributed by atoms with van der Waals surface area (Å²) < 4.78 is 23.0. The van der Waals surface area contributed by atoms with Gasteiger partial charge in [0.15, 0.2) is 12.6 Å². The minimum atomic E-state index is -1.78. The molecule has 0 aromatic heterocycles. The fourth-order valence-electron chi connectivity index (χ4n) is 13.2. The van der Waals surface area contributed by atoms with Gasteiger partial charge in [-0.2, -0.15) is 0 Å². The van der Waals surface area contributed by atoms with Gasteiger partial charge in [-0.1, -0.05) is 351 Å². The fraction of sp³-hybridized carbons (Fsp3) is 0.864. The van der Waals surface area contributed by atoms with Crippen molar-refractivity contribution in [3.05, 3.63) is 60.8 Å². The molecule has 2 aliphatic rings. The first-order valence-electron chi connectivity index (χ1n) is 40.0. The average Bonchev–Trinajstić information content (AvgIpc) is 0.801. The van der Waals surface area contributed by atoms with E-state index in [4.69, 9.17) is 18.9 Å². The van der Waals surface area contributed by atoms with E-state index in [1.54, 1.807) is 0 Å². The Bertz CT molecular complexity index is 1830. The smallest absolute Gasteiger partial charge is 0.220 e. The lowest BCUT2D eigenvalue weighted by atomic mass is 9.97. The van der Waals surface area contributed by atoms with Gasteiger partial charge in [-0.15, -0.1) is 0 Å². The molecule has 12 unspecified atom stereocenters. The number of nitrogens with one attached hydrogen (secondary N) is 1. The van der Waals surface area contributed by atoms with Crippen molar-refractivity contribution in [3.63, 3.8) is 0 Å². The number of hydrogen-bond acceptors (Lipinski definition) is 13. The summed E-state index contributed by atoms with van der Waals surface area (Å²) in [7, 11) is 0. The molecule has 2 aliphatic heterocycles. The first-order chi connectivity index (χ1) is 46.6. The average molecular weight is 1350 g/mol. The molecule has 12 atom stereocenters. The molecule has 1 amide bonds. The molecule has 2 saturated heterocycles. The van der Waals surface area contributed by atoms with Gasteiger partial charge in [0.1, 0.15) is 48.8 Å². The monoisotopic (exact) mass is 1340 g/mol. The Balaban J connectivity index is 1.57. The van der Waals surface area contributed by atoms with Crippen molar-refractivity contribution in [2.24, 2.45) is 0 Å². The number of amides is 1. The number of unbranched alkanes of at least 4 members (excludes halogenated alkanes) is 44. The van der Waals surface area contributed by atoms with Crippen LogP contribution in [0.4, 0.5) is 0 Å². The van der Waals surface area contributed by atoms with Gasteiger partial charge in [-0.25, -0.2) is 0 Å². The summed E-state index contributed by atoms with van der Waals surface area (Å²) in [5, 5.41) is 87.8. The van der Waals surface area contributed by atoms with Gasteiger partial charge in [0, 0.05) is 6.42 Å². The van der Waals surface area contributed by atoms with Gasteiger partial charge in [0.25, 0.3) is 0 Å². The third kappa shape index (κ3) is 48.2. The van der Waals surface area contributed by atoms with E-state index in [1.165, 1.54) is 244 Å². The molecule has 9 N–H and O–H groups in total. The molecule has 95 heavy (non-hydrogen) atoms. The predicted octanol–water partition coefficient (Wildman–Crippen LogP) is 18.0. The Labute approximate surface area is 581 Å². The van der Waals surface area contributed by atoms with E-state index >= 15 is 0 Å². The van der Waals surface area contributed by atoms with Crippen molar-refractivity contribution in [3.8, 4) is 0 Å². The van der Waals surface area contributed by atoms with Gasteiger partial charge in [0.05, 0.1) is 32.0 Å². The summed E-state index contributed by atoms with van der Waals surface area (Å²) in [6.07, 6.45) is 71.2. The zero-order valence-electron chi connectivity index (χ0n) is 60.9. The van der Waals surface area contributed by atoms with Crippen LogP contribution in [-0.4, -0.2) is 140 Å². The molecule has 2 rings (SSSR count). The van der Waals surface area contributed by atoms with Crippen molar-refractivity contribution >= 4 is 5.91 Å². The third-order valence-electron chi connectivity index (χ3n) is 19.5. The van der Waals surface area contributed by atoms with E-state index in [0.29, 0.717) is 12.8 Å². The molecule has 0 aromatic carbocycles. The van der Waals surface area contributed by atoms with Gasteiger partial charge in [-0.3, -0.25) is 4.79 Å². The molecular weight excluding hydrogens is 1190 g/mol. The van der Waals surface area contributed by atoms with E-state index in [1.807, 2.05) is 0 Å². The van der Waals surface area contributed by atoms with E-state index in [0.717, 1.165) is 83.5 Å². The standard InChI is InChI=1S/C81H149NO13/c1-3-5-7-9-11-13-15-17-19-21-23-25-27-28-29-30-31-32-33-34-35-36-37-38-39-40-41-42-43-45-47-49-51-53-55-57-59-61-63-65-73(86)82-69(68-92-80-78(91)76(89)79(72(67-84)94-80)95-81-77(90)75(88)74(87)71(66-83)93-81)70(85)64-62-60-58-56-54-52-50-48-46-44-26-24-22-20-18-16-14-12-10-8-6-4-2/h5,7,11,13,17,19,23,25,28-29,69-72,74-81,83-85,87-91H,3-4,6,8-10,12,14-16,18,20-22,24,26-27,30-68H2,1-2H3,(H,82,86)/b7-5-,13-11-,19-17-,25-23-,29-28-. The summed E-state index contributed by atoms with van der Waals surface area (Å²) in [6.45, 7) is 2.80. The van der Waals surface area contributed by atoms with Crippen LogP contribution in [0.15, 0.2) is 60.8 Å². The number of aliphatic hydroxyl groups excluding tert-OH is 8. The van der Waals surface area contributed by atoms with Crippen LogP contribution in [0.25, 0.3) is 0 Å². The summed E-state index contributed by atoms with van der Waals surface area (Å²) in [5.41, 5.74) is 0. The highest BCUT2D eigenvalue weighted by atomic mass is 16.7. The lowest BCUT2D eigenvalue weighted by Crippen LogP contribution is -2.65. The van der Waals surface area contributed by atoms with Gasteiger partial charge < -0.3 is 65.1 Å². The van der Waals surface area contributed by atoms with Crippen LogP contribution in [0.3, 0.4) is 0 Å². The summed E-state index contributed by atoms with van der Waals surface area (Å²) in [4.78, 5) is 13.4. The predicted molar refractivity (Wildman–Crippen MR) is 392 cm³/mol. The minimum absolute atomic E-state index is 0.199. The van der Waals surface area contributed by atoms with Crippen LogP contribution in [-0.2, 0) is 23.7 Å². The number of carbonyl (C=O) groups is 1. The number of ether oxygens (including phenoxy) is 4. The van der Waals surface area contributed by atoms with Gasteiger partial charge in [-0.05, 0) is 57.8 Å². The highest BCUT2D eigenvalue weighted by molar-refractivity contribution is 5.76. The molecule has 0 saturated carbocycles. The number of allylic oxidation sites excluding steroid dienone is 10. The van der Waals surface area contributed by atoms with Gasteiger partial charge in [0.2, 0.25) is 5.91 Å². The molecule has 0 spiro atoms. The van der Waals surface area contributed by atoms with E-state index in [-0.39, 0.29) is 12.5 Å². The molecule has 14 nitrogen and oxygen atoms in total. The van der Waals surface area contributed by atoms with Crippen LogP contribution in [0, 0.1) is 0 Å². The van der Waals surface area contributed by atoms with Crippen molar-refractivity contribution in [1.82, 2.24) is 5.32 Å². The second kappa shape index (κ2) is 65.0. The molecule has 0 radical (unpaired) electrons. The Morgan fingerprint density at radius 3 is 1.12 bits per heavy atom. The van der Waals surface area contributed by atoms with Crippen LogP contribution in [0.5, 0.6) is 0 Å². The largest absolute Gasteiger partial charge is 0.394 e. The van der Waals surface area contributed by atoms with Crippen molar-refractivity contribution in [2.75, 3.05) is 19.8 Å². The summed E-state index contributed by atoms with van der Waals surface area (Å²) >= 11 is 0. The van der Waals surface area contributed by atoms with Crippen molar-refractivity contribution in [2.45, 2.75) is 428 Å². The number of hydrogen-bond donors (Lipinski definition) is 9. The lowest BCUT2D eigenvalue weighted by molar-refractivity contribution is -0.359. The first kappa shape index (κ1) is 88.8. The third-order valence-corrected chi connectivity index (χ3v) is 19.5. The normalized spacial score (nSPS) is 22.6. The number of rotatable bonds is 67. The number of aliphatic hydroxyl groups is 8. The molecule has 556 valence electrons. The van der Waals surface area contributed by atoms with Gasteiger partial charge >= 0.3 is 0 Å². The van der Waals surface area contributed by atoms with Crippen LogP contribution in [0.2, 0.25) is 0 Å². The molecule has 0 aliphatic carbocycles. The maximum Gasteiger partial charge on any atom is 0.220 e. The molecule has 2 heterocycles. The summed E-state index contributed by atoms with van der Waals surface area (Å²) in [6, 6.07) is -0.829. The molecule has 14 heteroatoms.